The average molecular weight is 235 g/mol. The van der Waals surface area contributed by atoms with Crippen LogP contribution >= 0.6 is 0 Å². The highest BCUT2D eigenvalue weighted by atomic mass is 16.6. The topological polar surface area (TPSA) is 55.4 Å². The molecule has 0 saturated heterocycles. The number of rotatable bonds is 4. The van der Waals surface area contributed by atoms with Crippen LogP contribution in [-0.4, -0.2) is 24.4 Å². The molecule has 0 aliphatic heterocycles. The predicted octanol–water partition coefficient (Wildman–Crippen LogP) is 2.25. The highest BCUT2D eigenvalue weighted by molar-refractivity contribution is 5.79. The third-order valence-corrected chi connectivity index (χ3v) is 1.88. The highest BCUT2D eigenvalue weighted by Gasteiger charge is 2.15. The summed E-state index contributed by atoms with van der Waals surface area (Å²) in [4.78, 5) is 22.0. The van der Waals surface area contributed by atoms with Crippen molar-refractivity contribution in [3.05, 3.63) is 29.8 Å². The van der Waals surface area contributed by atoms with Crippen molar-refractivity contribution in [2.24, 2.45) is 0 Å². The minimum absolute atomic E-state index is 0.0829. The molecule has 4 heteroatoms. The first-order valence-corrected chi connectivity index (χ1v) is 5.42. The number of hydrogen-bond donors (Lipinski definition) is 1. The van der Waals surface area contributed by atoms with E-state index in [1.165, 1.54) is 0 Å². The quantitative estimate of drug-likeness (QED) is 0.642. The Hall–Kier alpha value is -1.84. The second kappa shape index (κ2) is 5.48. The first-order chi connectivity index (χ1) is 7.90. The second-order valence-corrected chi connectivity index (χ2v) is 4.68. The molecule has 0 saturated carbocycles. The number of ether oxygens (including phenoxy) is 1. The molecule has 0 aromatic heterocycles. The predicted molar refractivity (Wildman–Crippen MR) is 66.2 cm³/mol. The van der Waals surface area contributed by atoms with Gasteiger partial charge in [-0.25, -0.2) is 0 Å². The number of aldehydes is 1. The van der Waals surface area contributed by atoms with E-state index >= 15 is 0 Å². The Morgan fingerprint density at radius 3 is 2.71 bits per heavy atom. The fraction of sp³-hybridized carbons (Fsp3) is 0.385. The van der Waals surface area contributed by atoms with Gasteiger partial charge in [0, 0.05) is 11.3 Å². The van der Waals surface area contributed by atoms with E-state index < -0.39 is 5.60 Å². The maximum Gasteiger partial charge on any atom is 0.325 e. The molecule has 0 heterocycles. The number of carbonyl (C=O) groups is 2. The number of hydrogen-bond acceptors (Lipinski definition) is 4. The lowest BCUT2D eigenvalue weighted by molar-refractivity contribution is -0.152. The molecule has 0 aliphatic carbocycles. The first-order valence-electron chi connectivity index (χ1n) is 5.42. The lowest BCUT2D eigenvalue weighted by atomic mass is 10.2. The number of benzene rings is 1. The van der Waals surface area contributed by atoms with E-state index in [1.807, 2.05) is 20.8 Å². The van der Waals surface area contributed by atoms with Crippen LogP contribution in [0.3, 0.4) is 0 Å². The van der Waals surface area contributed by atoms with Crippen LogP contribution in [0.1, 0.15) is 31.1 Å². The molecule has 1 rings (SSSR count). The van der Waals surface area contributed by atoms with Crippen LogP contribution in [0.25, 0.3) is 0 Å². The fourth-order valence-electron chi connectivity index (χ4n) is 1.27. The van der Waals surface area contributed by atoms with Crippen LogP contribution in [0.2, 0.25) is 0 Å². The van der Waals surface area contributed by atoms with Crippen molar-refractivity contribution in [1.82, 2.24) is 0 Å². The summed E-state index contributed by atoms with van der Waals surface area (Å²) in [5.41, 5.74) is 0.809. The van der Waals surface area contributed by atoms with Crippen LogP contribution in [0.5, 0.6) is 0 Å². The molecule has 0 unspecified atom stereocenters. The Balaban J connectivity index is 2.50. The molecule has 0 atom stereocenters. The lowest BCUT2D eigenvalue weighted by Crippen LogP contribution is -2.28. The van der Waals surface area contributed by atoms with Crippen LogP contribution < -0.4 is 5.32 Å². The zero-order valence-electron chi connectivity index (χ0n) is 10.3. The van der Waals surface area contributed by atoms with E-state index in [0.29, 0.717) is 5.56 Å². The number of anilines is 1. The third-order valence-electron chi connectivity index (χ3n) is 1.88. The SMILES string of the molecule is CC(C)(C)OC(=O)CNc1cccc(C=O)c1. The molecule has 0 aliphatic rings. The van der Waals surface area contributed by atoms with E-state index in [0.717, 1.165) is 12.0 Å². The number of nitrogens with one attached hydrogen (secondary N) is 1. The highest BCUT2D eigenvalue weighted by Crippen LogP contribution is 2.10. The molecule has 1 aromatic carbocycles. The molecule has 1 aromatic rings. The molecular formula is C13H17NO3. The Morgan fingerprint density at radius 2 is 2.12 bits per heavy atom. The summed E-state index contributed by atoms with van der Waals surface area (Å²) in [6, 6.07) is 6.92. The smallest absolute Gasteiger partial charge is 0.325 e. The van der Waals surface area contributed by atoms with Crippen LogP contribution in [0.4, 0.5) is 5.69 Å². The Morgan fingerprint density at radius 1 is 1.41 bits per heavy atom. The molecule has 0 amide bonds. The monoisotopic (exact) mass is 235 g/mol. The van der Waals surface area contributed by atoms with Crippen molar-refractivity contribution >= 4 is 17.9 Å². The van der Waals surface area contributed by atoms with Gasteiger partial charge in [0.2, 0.25) is 0 Å². The normalized spacial score (nSPS) is 10.8. The van der Waals surface area contributed by atoms with Gasteiger partial charge in [-0.3, -0.25) is 9.59 Å². The lowest BCUT2D eigenvalue weighted by Gasteiger charge is -2.19. The minimum Gasteiger partial charge on any atom is -0.459 e. The van der Waals surface area contributed by atoms with Gasteiger partial charge in [0.1, 0.15) is 18.4 Å². The second-order valence-electron chi connectivity index (χ2n) is 4.68. The van der Waals surface area contributed by atoms with Crippen molar-refractivity contribution in [1.29, 1.82) is 0 Å². The van der Waals surface area contributed by atoms with E-state index in [2.05, 4.69) is 5.32 Å². The molecule has 4 nitrogen and oxygen atoms in total. The van der Waals surface area contributed by atoms with Gasteiger partial charge in [0.05, 0.1) is 0 Å². The summed E-state index contributed by atoms with van der Waals surface area (Å²) in [7, 11) is 0. The summed E-state index contributed by atoms with van der Waals surface area (Å²) in [5, 5.41) is 2.91. The first kappa shape index (κ1) is 13.2. The summed E-state index contributed by atoms with van der Waals surface area (Å²) in [6.07, 6.45) is 0.763. The van der Waals surface area contributed by atoms with Gasteiger partial charge in [0.25, 0.3) is 0 Å². The summed E-state index contributed by atoms with van der Waals surface area (Å²) in [5.74, 6) is -0.325. The van der Waals surface area contributed by atoms with Gasteiger partial charge < -0.3 is 10.1 Å². The van der Waals surface area contributed by atoms with Gasteiger partial charge in [-0.1, -0.05) is 12.1 Å². The van der Waals surface area contributed by atoms with Gasteiger partial charge in [-0.15, -0.1) is 0 Å². The Labute approximate surface area is 101 Å². The van der Waals surface area contributed by atoms with Crippen molar-refractivity contribution in [3.63, 3.8) is 0 Å². The van der Waals surface area contributed by atoms with Crippen molar-refractivity contribution in [2.45, 2.75) is 26.4 Å². The van der Waals surface area contributed by atoms with Crippen LogP contribution in [0, 0.1) is 0 Å². The van der Waals surface area contributed by atoms with E-state index in [-0.39, 0.29) is 12.5 Å². The average Bonchev–Trinajstić information content (AvgIpc) is 2.24. The van der Waals surface area contributed by atoms with Crippen molar-refractivity contribution < 1.29 is 14.3 Å². The largest absolute Gasteiger partial charge is 0.459 e. The van der Waals surface area contributed by atoms with Crippen molar-refractivity contribution in [2.75, 3.05) is 11.9 Å². The van der Waals surface area contributed by atoms with Crippen LogP contribution in [-0.2, 0) is 9.53 Å². The zero-order valence-corrected chi connectivity index (χ0v) is 10.3. The zero-order chi connectivity index (χ0) is 12.9. The summed E-state index contributed by atoms with van der Waals surface area (Å²) in [6.45, 7) is 5.54. The maximum atomic E-state index is 11.4. The standard InChI is InChI=1S/C13H17NO3/c1-13(2,3)17-12(16)8-14-11-6-4-5-10(7-11)9-15/h4-7,9,14H,8H2,1-3H3. The van der Waals surface area contributed by atoms with Gasteiger partial charge >= 0.3 is 5.97 Å². The minimum atomic E-state index is -0.483. The molecule has 0 fully saturated rings. The van der Waals surface area contributed by atoms with Gasteiger partial charge in [-0.2, -0.15) is 0 Å². The van der Waals surface area contributed by atoms with Crippen molar-refractivity contribution in [3.8, 4) is 0 Å². The molecule has 1 N–H and O–H groups in total. The summed E-state index contributed by atoms with van der Waals surface area (Å²) < 4.78 is 5.15. The third kappa shape index (κ3) is 5.15. The molecule has 0 spiro atoms. The summed E-state index contributed by atoms with van der Waals surface area (Å²) >= 11 is 0. The molecule has 17 heavy (non-hydrogen) atoms. The molecular weight excluding hydrogens is 218 g/mol. The molecule has 0 radical (unpaired) electrons. The Kier molecular flexibility index (Phi) is 4.26. The molecule has 0 bridgehead atoms. The van der Waals surface area contributed by atoms with E-state index in [1.54, 1.807) is 24.3 Å². The van der Waals surface area contributed by atoms with E-state index in [9.17, 15) is 9.59 Å². The maximum absolute atomic E-state index is 11.4. The van der Waals surface area contributed by atoms with Gasteiger partial charge in [-0.05, 0) is 32.9 Å². The molecule has 92 valence electrons. The van der Waals surface area contributed by atoms with E-state index in [4.69, 9.17) is 4.74 Å². The fourth-order valence-corrected chi connectivity index (χ4v) is 1.27. The Bertz CT molecular complexity index is 407. The number of esters is 1. The van der Waals surface area contributed by atoms with Crippen LogP contribution in [0.15, 0.2) is 24.3 Å². The van der Waals surface area contributed by atoms with Gasteiger partial charge in [0.15, 0.2) is 0 Å². The number of carbonyl (C=O) groups excluding carboxylic acids is 2.